The third-order valence-corrected chi connectivity index (χ3v) is 5.01. The number of nitrogens with one attached hydrogen (secondary N) is 2. The maximum absolute atomic E-state index is 5.57. The van der Waals surface area contributed by atoms with Gasteiger partial charge in [-0.05, 0) is 47.7 Å². The fourth-order valence-corrected chi connectivity index (χ4v) is 4.01. The maximum Gasteiger partial charge on any atom is 0.163 e. The molecule has 0 aliphatic heterocycles. The van der Waals surface area contributed by atoms with Crippen LogP contribution in [0.3, 0.4) is 0 Å². The van der Waals surface area contributed by atoms with Crippen LogP contribution in [0.4, 0.5) is 0 Å². The number of benzene rings is 2. The lowest BCUT2D eigenvalue weighted by atomic mass is 10.0. The van der Waals surface area contributed by atoms with Gasteiger partial charge in [-0.25, -0.2) is 0 Å². The molecule has 3 rings (SSSR count). The number of hydrogen-bond donors (Lipinski definition) is 4. The van der Waals surface area contributed by atoms with E-state index in [0.717, 1.165) is 0 Å². The zero-order valence-electron chi connectivity index (χ0n) is 12.3. The van der Waals surface area contributed by atoms with Crippen LogP contribution in [0, 0.1) is 0 Å². The number of nitrogens with two attached hydrogens (primary N) is 2. The summed E-state index contributed by atoms with van der Waals surface area (Å²) in [5, 5.41) is 9.14. The first kappa shape index (κ1) is 15.9. The van der Waals surface area contributed by atoms with Crippen molar-refractivity contribution in [1.82, 2.24) is 10.6 Å². The summed E-state index contributed by atoms with van der Waals surface area (Å²) in [5.74, 6) is 0. The van der Waals surface area contributed by atoms with Crippen LogP contribution < -0.4 is 22.1 Å². The van der Waals surface area contributed by atoms with Crippen molar-refractivity contribution in [2.45, 2.75) is 13.1 Å². The summed E-state index contributed by atoms with van der Waals surface area (Å²) in [6, 6.07) is 12.6. The summed E-state index contributed by atoms with van der Waals surface area (Å²) in [7, 11) is 0. The van der Waals surface area contributed by atoms with Crippen molar-refractivity contribution in [1.29, 1.82) is 0 Å². The van der Waals surface area contributed by atoms with Gasteiger partial charge in [0.1, 0.15) is 0 Å². The molecule has 1 heterocycles. The quantitative estimate of drug-likeness (QED) is 0.536. The summed E-state index contributed by atoms with van der Waals surface area (Å²) in [6.07, 6.45) is 0. The standard InChI is InChI=1S/C16H16N4S3/c17-15(21)19-7-9-3-1-5-11-13(9)14-10(8-20-16(18)22)4-2-6-12(14)23-11/h1-6H,7-8H2,(H3,17,19,21)(H3,18,20,22). The monoisotopic (exact) mass is 360 g/mol. The van der Waals surface area contributed by atoms with Gasteiger partial charge in [0.2, 0.25) is 0 Å². The minimum Gasteiger partial charge on any atom is -0.376 e. The van der Waals surface area contributed by atoms with Gasteiger partial charge in [-0.1, -0.05) is 24.3 Å². The van der Waals surface area contributed by atoms with Gasteiger partial charge >= 0.3 is 0 Å². The lowest BCUT2D eigenvalue weighted by Crippen LogP contribution is -2.28. The first-order chi connectivity index (χ1) is 11.1. The van der Waals surface area contributed by atoms with Gasteiger partial charge in [0.15, 0.2) is 10.2 Å². The van der Waals surface area contributed by atoms with Crippen LogP contribution in [-0.2, 0) is 13.1 Å². The van der Waals surface area contributed by atoms with Crippen molar-refractivity contribution in [3.63, 3.8) is 0 Å². The Morgan fingerprint density at radius 1 is 0.826 bits per heavy atom. The van der Waals surface area contributed by atoms with E-state index in [-0.39, 0.29) is 0 Å². The van der Waals surface area contributed by atoms with Gasteiger partial charge in [0, 0.05) is 33.3 Å². The normalized spacial score (nSPS) is 10.8. The molecule has 7 heteroatoms. The van der Waals surface area contributed by atoms with Crippen LogP contribution in [0.5, 0.6) is 0 Å². The van der Waals surface area contributed by atoms with E-state index in [1.165, 1.54) is 31.3 Å². The SMILES string of the molecule is NC(=S)NCc1cccc2sc3cccc(CNC(N)=S)c3c12. The fraction of sp³-hybridized carbons (Fsp3) is 0.125. The molecule has 0 amide bonds. The van der Waals surface area contributed by atoms with E-state index in [4.69, 9.17) is 35.9 Å². The van der Waals surface area contributed by atoms with Crippen molar-refractivity contribution in [3.05, 3.63) is 47.5 Å². The number of fused-ring (bicyclic) bond motifs is 3. The van der Waals surface area contributed by atoms with Crippen LogP contribution in [0.25, 0.3) is 20.2 Å². The highest BCUT2D eigenvalue weighted by Crippen LogP contribution is 2.37. The van der Waals surface area contributed by atoms with E-state index in [0.29, 0.717) is 23.3 Å². The number of thiocarbonyl (C=S) groups is 2. The zero-order chi connectivity index (χ0) is 16.4. The van der Waals surface area contributed by atoms with Crippen molar-refractivity contribution >= 4 is 66.2 Å². The largest absolute Gasteiger partial charge is 0.376 e. The van der Waals surface area contributed by atoms with Crippen LogP contribution >= 0.6 is 35.8 Å². The summed E-state index contributed by atoms with van der Waals surface area (Å²) in [6.45, 7) is 1.21. The number of hydrogen-bond acceptors (Lipinski definition) is 3. The van der Waals surface area contributed by atoms with Crippen LogP contribution in [0.15, 0.2) is 36.4 Å². The Balaban J connectivity index is 2.16. The lowest BCUT2D eigenvalue weighted by molar-refractivity contribution is 0.924. The Bertz CT molecular complexity index is 829. The van der Waals surface area contributed by atoms with Gasteiger partial charge < -0.3 is 22.1 Å². The average molecular weight is 361 g/mol. The second-order valence-electron chi connectivity index (χ2n) is 5.12. The zero-order valence-corrected chi connectivity index (χ0v) is 14.7. The van der Waals surface area contributed by atoms with Crippen molar-refractivity contribution in [3.8, 4) is 0 Å². The molecule has 6 N–H and O–H groups in total. The van der Waals surface area contributed by atoms with Crippen molar-refractivity contribution < 1.29 is 0 Å². The smallest absolute Gasteiger partial charge is 0.163 e. The molecule has 0 unspecified atom stereocenters. The first-order valence-corrected chi connectivity index (χ1v) is 8.68. The number of thiophene rings is 1. The predicted molar refractivity (Wildman–Crippen MR) is 107 cm³/mol. The third-order valence-electron chi connectivity index (χ3n) is 3.60. The van der Waals surface area contributed by atoms with E-state index >= 15 is 0 Å². The Morgan fingerprint density at radius 3 is 1.65 bits per heavy atom. The molecule has 118 valence electrons. The summed E-state index contributed by atoms with van der Waals surface area (Å²) >= 11 is 11.6. The van der Waals surface area contributed by atoms with Crippen LogP contribution in [0.2, 0.25) is 0 Å². The maximum atomic E-state index is 5.57. The molecule has 23 heavy (non-hydrogen) atoms. The highest BCUT2D eigenvalue weighted by Gasteiger charge is 2.12. The Labute approximate surface area is 148 Å². The molecule has 0 atom stereocenters. The average Bonchev–Trinajstić information content (AvgIpc) is 2.90. The molecule has 0 saturated carbocycles. The van der Waals surface area contributed by atoms with E-state index < -0.39 is 0 Å². The molecule has 0 aliphatic rings. The fourth-order valence-electron chi connectivity index (χ4n) is 2.67. The Hall–Kier alpha value is -1.96. The molecular weight excluding hydrogens is 344 g/mol. The van der Waals surface area contributed by atoms with E-state index in [9.17, 15) is 0 Å². The minimum atomic E-state index is 0.303. The second kappa shape index (κ2) is 6.66. The molecule has 1 aromatic heterocycles. The van der Waals surface area contributed by atoms with E-state index in [1.807, 2.05) is 0 Å². The molecule has 2 aromatic carbocycles. The van der Waals surface area contributed by atoms with Crippen LogP contribution in [0.1, 0.15) is 11.1 Å². The Kier molecular flexibility index (Phi) is 4.61. The molecule has 0 saturated heterocycles. The van der Waals surface area contributed by atoms with Gasteiger partial charge in [-0.2, -0.15) is 0 Å². The predicted octanol–water partition coefficient (Wildman–Crippen LogP) is 2.72. The molecule has 0 bridgehead atoms. The summed E-state index contributed by atoms with van der Waals surface area (Å²) < 4.78 is 2.48. The lowest BCUT2D eigenvalue weighted by Gasteiger charge is -2.09. The van der Waals surface area contributed by atoms with Gasteiger partial charge in [0.05, 0.1) is 0 Å². The van der Waals surface area contributed by atoms with Gasteiger partial charge in [-0.3, -0.25) is 0 Å². The van der Waals surface area contributed by atoms with E-state index in [2.05, 4.69) is 47.0 Å². The second-order valence-corrected chi connectivity index (χ2v) is 7.08. The first-order valence-electron chi connectivity index (χ1n) is 7.05. The Morgan fingerprint density at radius 2 is 1.26 bits per heavy atom. The number of rotatable bonds is 4. The minimum absolute atomic E-state index is 0.303. The highest BCUT2D eigenvalue weighted by molar-refractivity contribution is 7.80. The topological polar surface area (TPSA) is 76.1 Å². The molecule has 3 aromatic rings. The highest BCUT2D eigenvalue weighted by atomic mass is 32.1. The summed E-state index contributed by atoms with van der Waals surface area (Å²) in [5.41, 5.74) is 13.5. The molecule has 0 fully saturated rings. The van der Waals surface area contributed by atoms with Crippen molar-refractivity contribution in [2.75, 3.05) is 0 Å². The molecule has 4 nitrogen and oxygen atoms in total. The molecular formula is C16H16N4S3. The van der Waals surface area contributed by atoms with Gasteiger partial charge in [-0.15, -0.1) is 11.3 Å². The molecule has 0 spiro atoms. The van der Waals surface area contributed by atoms with Crippen molar-refractivity contribution in [2.24, 2.45) is 11.5 Å². The molecule has 0 radical (unpaired) electrons. The molecule has 0 aliphatic carbocycles. The van der Waals surface area contributed by atoms with E-state index in [1.54, 1.807) is 11.3 Å². The van der Waals surface area contributed by atoms with Crippen LogP contribution in [-0.4, -0.2) is 10.2 Å². The van der Waals surface area contributed by atoms with Gasteiger partial charge in [0.25, 0.3) is 0 Å². The summed E-state index contributed by atoms with van der Waals surface area (Å²) in [4.78, 5) is 0. The third kappa shape index (κ3) is 3.36.